The monoisotopic (exact) mass is 458 g/mol. The zero-order chi connectivity index (χ0) is 21.8. The minimum atomic E-state index is -0.581. The molecule has 0 radical (unpaired) electrons. The van der Waals surface area contributed by atoms with Gasteiger partial charge >= 0.3 is 5.97 Å². The summed E-state index contributed by atoms with van der Waals surface area (Å²) in [6, 6.07) is 12.8. The molecule has 1 heterocycles. The summed E-state index contributed by atoms with van der Waals surface area (Å²) in [7, 11) is 0. The van der Waals surface area contributed by atoms with Crippen LogP contribution in [0.3, 0.4) is 0 Å². The van der Waals surface area contributed by atoms with Crippen LogP contribution in [-0.2, 0) is 14.3 Å². The molecular weight excluding hydrogens is 443 g/mol. The molecule has 30 heavy (non-hydrogen) atoms. The number of halogens is 2. The van der Waals surface area contributed by atoms with Crippen LogP contribution in [0.5, 0.6) is 0 Å². The molecular formula is C22H16Cl2N2O3S. The molecule has 0 spiro atoms. The molecule has 0 saturated heterocycles. The Hall–Kier alpha value is -2.72. The molecule has 0 bridgehead atoms. The second kappa shape index (κ2) is 9.40. The second-order valence-electron chi connectivity index (χ2n) is 6.40. The van der Waals surface area contributed by atoms with Crippen molar-refractivity contribution in [2.45, 2.75) is 16.7 Å². The minimum absolute atomic E-state index is 0.0356. The van der Waals surface area contributed by atoms with Crippen LogP contribution in [-0.4, -0.2) is 25.0 Å². The van der Waals surface area contributed by atoms with Crippen molar-refractivity contribution in [2.24, 2.45) is 0 Å². The van der Waals surface area contributed by atoms with Gasteiger partial charge in [0.15, 0.2) is 0 Å². The molecule has 3 rings (SSSR count). The number of carbonyl (C=O) groups excluding carboxylic acids is 2. The summed E-state index contributed by atoms with van der Waals surface area (Å²) in [5, 5.41) is 13.3. The van der Waals surface area contributed by atoms with Crippen LogP contribution in [0.2, 0.25) is 10.0 Å². The van der Waals surface area contributed by atoms with Crippen LogP contribution in [0.15, 0.2) is 63.9 Å². The van der Waals surface area contributed by atoms with Gasteiger partial charge in [-0.05, 0) is 30.7 Å². The highest BCUT2D eigenvalue weighted by Crippen LogP contribution is 2.50. The Kier molecular flexibility index (Phi) is 6.88. The van der Waals surface area contributed by atoms with Gasteiger partial charge in [0, 0.05) is 31.5 Å². The lowest BCUT2D eigenvalue weighted by atomic mass is 9.92. The summed E-state index contributed by atoms with van der Waals surface area (Å²) < 4.78 is 4.97. The van der Waals surface area contributed by atoms with E-state index in [9.17, 15) is 14.9 Å². The molecule has 0 aromatic heterocycles. The zero-order valence-corrected chi connectivity index (χ0v) is 18.2. The van der Waals surface area contributed by atoms with Crippen LogP contribution >= 0.6 is 35.0 Å². The first-order chi connectivity index (χ1) is 14.3. The molecule has 152 valence electrons. The van der Waals surface area contributed by atoms with Gasteiger partial charge in [-0.1, -0.05) is 59.7 Å². The van der Waals surface area contributed by atoms with E-state index in [0.717, 1.165) is 15.4 Å². The van der Waals surface area contributed by atoms with Crippen LogP contribution in [0.1, 0.15) is 18.1 Å². The quantitative estimate of drug-likeness (QED) is 0.251. The van der Waals surface area contributed by atoms with Crippen molar-refractivity contribution in [2.75, 3.05) is 13.2 Å². The molecule has 2 aromatic rings. The smallest absolute Gasteiger partial charge is 0.333 e. The fourth-order valence-electron chi connectivity index (χ4n) is 2.88. The number of ether oxygens (including phenoxy) is 1. The topological polar surface area (TPSA) is 79.2 Å². The summed E-state index contributed by atoms with van der Waals surface area (Å²) in [6.45, 7) is 5.04. The van der Waals surface area contributed by atoms with Crippen molar-refractivity contribution in [3.8, 4) is 6.07 Å². The molecule has 1 N–H and O–H groups in total. The molecule has 0 unspecified atom stereocenters. The lowest BCUT2D eigenvalue weighted by Crippen LogP contribution is -2.30. The third-order valence-corrected chi connectivity index (χ3v) is 6.05. The lowest BCUT2D eigenvalue weighted by molar-refractivity contribution is -0.139. The van der Waals surface area contributed by atoms with Gasteiger partial charge in [0.2, 0.25) is 0 Å². The first-order valence-corrected chi connectivity index (χ1v) is 10.4. The largest absolute Gasteiger partial charge is 0.460 e. The molecule has 2 aromatic carbocycles. The number of fused-ring (bicyclic) bond motifs is 2. The maximum Gasteiger partial charge on any atom is 0.333 e. The summed E-state index contributed by atoms with van der Waals surface area (Å²) in [4.78, 5) is 25.9. The van der Waals surface area contributed by atoms with E-state index in [0.29, 0.717) is 21.2 Å². The Morgan fingerprint density at radius 2 is 1.97 bits per heavy atom. The highest BCUT2D eigenvalue weighted by atomic mass is 35.5. The summed E-state index contributed by atoms with van der Waals surface area (Å²) >= 11 is 14.1. The van der Waals surface area contributed by atoms with Gasteiger partial charge in [0.1, 0.15) is 18.2 Å². The third kappa shape index (κ3) is 4.54. The van der Waals surface area contributed by atoms with Crippen molar-refractivity contribution < 1.29 is 14.3 Å². The van der Waals surface area contributed by atoms with Crippen molar-refractivity contribution in [3.63, 3.8) is 0 Å². The molecule has 0 aliphatic carbocycles. The minimum Gasteiger partial charge on any atom is -0.460 e. The van der Waals surface area contributed by atoms with Gasteiger partial charge in [0.05, 0.1) is 11.6 Å². The van der Waals surface area contributed by atoms with E-state index in [4.69, 9.17) is 27.9 Å². The predicted molar refractivity (Wildman–Crippen MR) is 117 cm³/mol. The summed E-state index contributed by atoms with van der Waals surface area (Å²) in [5.41, 5.74) is 2.02. The third-order valence-electron chi connectivity index (χ3n) is 4.20. The number of benzene rings is 2. The number of carbonyl (C=O) groups is 2. The highest BCUT2D eigenvalue weighted by molar-refractivity contribution is 7.99. The Bertz CT molecular complexity index is 1140. The number of nitrogens with zero attached hydrogens (tertiary/aromatic N) is 1. The van der Waals surface area contributed by atoms with Gasteiger partial charge in [-0.2, -0.15) is 5.26 Å². The first-order valence-electron chi connectivity index (χ1n) is 8.85. The van der Waals surface area contributed by atoms with Crippen molar-refractivity contribution >= 4 is 52.4 Å². The van der Waals surface area contributed by atoms with Crippen molar-refractivity contribution in [1.29, 1.82) is 5.26 Å². The van der Waals surface area contributed by atoms with E-state index in [-0.39, 0.29) is 24.3 Å². The fraction of sp³-hybridized carbons (Fsp3) is 0.136. The maximum atomic E-state index is 12.8. The van der Waals surface area contributed by atoms with Gasteiger partial charge in [-0.15, -0.1) is 0 Å². The summed E-state index contributed by atoms with van der Waals surface area (Å²) in [6.07, 6.45) is 0. The van der Waals surface area contributed by atoms with Gasteiger partial charge in [-0.25, -0.2) is 4.79 Å². The standard InChI is InChI=1S/C22H16Cl2N2O3S/c1-12(2)22(28)29-8-7-26-21(27)16(11-25)19-14-5-3-4-6-18(14)30-20-15(19)9-13(23)10-17(20)24/h3-6,9-10H,1,7-8H2,2H3,(H,26,27)/b19-16+. The average molecular weight is 459 g/mol. The highest BCUT2D eigenvalue weighted by Gasteiger charge is 2.28. The van der Waals surface area contributed by atoms with E-state index >= 15 is 0 Å². The zero-order valence-electron chi connectivity index (χ0n) is 15.9. The SMILES string of the molecule is C=C(C)C(=O)OCCNC(=O)/C(C#N)=C1\c2ccccc2Sc2c(Cl)cc(Cl)cc21. The van der Waals surface area contributed by atoms with E-state index in [2.05, 4.69) is 11.9 Å². The molecule has 8 heteroatoms. The normalized spacial score (nSPS) is 13.4. The van der Waals surface area contributed by atoms with Crippen LogP contribution in [0, 0.1) is 11.3 Å². The maximum absolute atomic E-state index is 12.8. The molecule has 1 aliphatic rings. The molecule has 0 fully saturated rings. The fourth-order valence-corrected chi connectivity index (χ4v) is 4.56. The van der Waals surface area contributed by atoms with E-state index in [1.54, 1.807) is 12.1 Å². The predicted octanol–water partition coefficient (Wildman–Crippen LogP) is 5.02. The van der Waals surface area contributed by atoms with E-state index < -0.39 is 11.9 Å². The lowest BCUT2D eigenvalue weighted by Gasteiger charge is -2.24. The Labute approximate surface area is 188 Å². The number of esters is 1. The summed E-state index contributed by atoms with van der Waals surface area (Å²) in [5.74, 6) is -1.12. The number of nitrogens with one attached hydrogen (secondary N) is 1. The molecule has 0 atom stereocenters. The molecule has 1 aliphatic heterocycles. The molecule has 0 saturated carbocycles. The van der Waals surface area contributed by atoms with Crippen LogP contribution in [0.4, 0.5) is 0 Å². The molecule has 5 nitrogen and oxygen atoms in total. The number of rotatable bonds is 5. The van der Waals surface area contributed by atoms with Crippen molar-refractivity contribution in [3.05, 3.63) is 75.3 Å². The van der Waals surface area contributed by atoms with Gasteiger partial charge in [0.25, 0.3) is 5.91 Å². The number of nitriles is 1. The number of amides is 1. The Morgan fingerprint density at radius 3 is 2.67 bits per heavy atom. The molecule has 1 amide bonds. The van der Waals surface area contributed by atoms with Gasteiger partial charge in [-0.3, -0.25) is 4.79 Å². The Balaban J connectivity index is 1.98. The number of hydrogen-bond acceptors (Lipinski definition) is 5. The average Bonchev–Trinajstić information content (AvgIpc) is 2.71. The number of hydrogen-bond donors (Lipinski definition) is 1. The van der Waals surface area contributed by atoms with Gasteiger partial charge < -0.3 is 10.1 Å². The second-order valence-corrected chi connectivity index (χ2v) is 8.29. The van der Waals surface area contributed by atoms with E-state index in [1.165, 1.54) is 18.7 Å². The van der Waals surface area contributed by atoms with Crippen molar-refractivity contribution in [1.82, 2.24) is 5.32 Å². The van der Waals surface area contributed by atoms with Crippen LogP contribution in [0.25, 0.3) is 5.57 Å². The van der Waals surface area contributed by atoms with E-state index in [1.807, 2.05) is 30.3 Å². The first kappa shape index (κ1) is 22.0. The Morgan fingerprint density at radius 1 is 1.23 bits per heavy atom. The van der Waals surface area contributed by atoms with Crippen LogP contribution < -0.4 is 5.32 Å².